The molecule has 0 spiro atoms. The third kappa shape index (κ3) is 2.21. The van der Waals surface area contributed by atoms with Crippen LogP contribution in [0, 0.1) is 12.8 Å². The molecule has 3 nitrogen and oxygen atoms in total. The van der Waals surface area contributed by atoms with Crippen LogP contribution in [0.25, 0.3) is 0 Å². The minimum atomic E-state index is -4.19. The van der Waals surface area contributed by atoms with Crippen LogP contribution in [0.4, 0.5) is 13.2 Å². The molecule has 0 aliphatic carbocycles. The zero-order chi connectivity index (χ0) is 11.8. The molecule has 0 aromatic carbocycles. The molecule has 2 rings (SSSR count). The number of aryl methyl sites for hydroxylation is 1. The Bertz CT molecular complexity index is 361. The highest BCUT2D eigenvalue weighted by Crippen LogP contribution is 2.40. The Labute approximate surface area is 91.0 Å². The van der Waals surface area contributed by atoms with Gasteiger partial charge in [0.1, 0.15) is 5.76 Å². The number of alkyl halides is 3. The van der Waals surface area contributed by atoms with Gasteiger partial charge in [0.15, 0.2) is 5.89 Å². The normalized spacial score (nSPS) is 27.0. The Morgan fingerprint density at radius 2 is 2.25 bits per heavy atom. The lowest BCUT2D eigenvalue weighted by Crippen LogP contribution is -2.42. The van der Waals surface area contributed by atoms with Crippen molar-refractivity contribution < 1.29 is 17.6 Å². The second kappa shape index (κ2) is 4.08. The standard InChI is InChI=1S/C10H13F3N2O/c1-6-4-15-9(16-6)7-5-14-3-2-8(7)10(11,12)13/h4,7-8,14H,2-3,5H2,1H3. The molecule has 1 aromatic heterocycles. The van der Waals surface area contributed by atoms with Gasteiger partial charge in [-0.15, -0.1) is 0 Å². The Hall–Kier alpha value is -1.04. The van der Waals surface area contributed by atoms with E-state index in [4.69, 9.17) is 4.42 Å². The Balaban J connectivity index is 2.23. The monoisotopic (exact) mass is 234 g/mol. The van der Waals surface area contributed by atoms with Crippen molar-refractivity contribution in [3.63, 3.8) is 0 Å². The fraction of sp³-hybridized carbons (Fsp3) is 0.700. The summed E-state index contributed by atoms with van der Waals surface area (Å²) in [7, 11) is 0. The first-order valence-corrected chi connectivity index (χ1v) is 5.18. The van der Waals surface area contributed by atoms with Crippen molar-refractivity contribution in [3.8, 4) is 0 Å². The van der Waals surface area contributed by atoms with Crippen molar-refractivity contribution in [1.82, 2.24) is 10.3 Å². The highest BCUT2D eigenvalue weighted by Gasteiger charge is 2.47. The summed E-state index contributed by atoms with van der Waals surface area (Å²) in [6, 6.07) is 0. The summed E-state index contributed by atoms with van der Waals surface area (Å²) in [5, 5.41) is 2.94. The third-order valence-corrected chi connectivity index (χ3v) is 2.86. The molecule has 1 aromatic rings. The highest BCUT2D eigenvalue weighted by molar-refractivity contribution is 5.03. The van der Waals surface area contributed by atoms with E-state index in [0.717, 1.165) is 0 Å². The van der Waals surface area contributed by atoms with Gasteiger partial charge in [0.05, 0.1) is 18.0 Å². The summed E-state index contributed by atoms with van der Waals surface area (Å²) in [5.74, 6) is -1.33. The van der Waals surface area contributed by atoms with Gasteiger partial charge in [-0.05, 0) is 19.9 Å². The quantitative estimate of drug-likeness (QED) is 0.809. The van der Waals surface area contributed by atoms with Crippen LogP contribution >= 0.6 is 0 Å². The first-order chi connectivity index (χ1) is 7.48. The molecule has 16 heavy (non-hydrogen) atoms. The number of nitrogens with one attached hydrogen (secondary N) is 1. The van der Waals surface area contributed by atoms with Crippen LogP contribution in [0.15, 0.2) is 10.6 Å². The molecule has 1 saturated heterocycles. The molecule has 0 radical (unpaired) electrons. The number of piperidine rings is 1. The summed E-state index contributed by atoms with van der Waals surface area (Å²) in [6.07, 6.45) is -2.65. The molecule has 0 saturated carbocycles. The largest absolute Gasteiger partial charge is 0.446 e. The van der Waals surface area contributed by atoms with Gasteiger partial charge >= 0.3 is 6.18 Å². The van der Waals surface area contributed by atoms with Gasteiger partial charge in [0.2, 0.25) is 0 Å². The van der Waals surface area contributed by atoms with Crippen molar-refractivity contribution in [2.45, 2.75) is 25.4 Å². The Morgan fingerprint density at radius 3 is 2.81 bits per heavy atom. The lowest BCUT2D eigenvalue weighted by Gasteiger charge is -2.31. The topological polar surface area (TPSA) is 38.1 Å². The summed E-state index contributed by atoms with van der Waals surface area (Å²) in [6.45, 7) is 2.33. The molecule has 0 bridgehead atoms. The number of hydrogen-bond acceptors (Lipinski definition) is 3. The smallest absolute Gasteiger partial charge is 0.392 e. The molecular formula is C10H13F3N2O. The average Bonchev–Trinajstić information content (AvgIpc) is 2.64. The molecule has 1 fully saturated rings. The third-order valence-electron chi connectivity index (χ3n) is 2.86. The van der Waals surface area contributed by atoms with Crippen LogP contribution < -0.4 is 5.32 Å². The molecule has 2 atom stereocenters. The van der Waals surface area contributed by atoms with E-state index in [2.05, 4.69) is 10.3 Å². The predicted octanol–water partition coefficient (Wildman–Crippen LogP) is 2.24. The summed E-state index contributed by atoms with van der Waals surface area (Å²) in [4.78, 5) is 3.90. The SMILES string of the molecule is Cc1cnc(C2CNCCC2C(F)(F)F)o1. The van der Waals surface area contributed by atoms with Crippen LogP contribution in [0.1, 0.15) is 24.0 Å². The maximum Gasteiger partial charge on any atom is 0.392 e. The second-order valence-corrected chi connectivity index (χ2v) is 4.06. The Kier molecular flexibility index (Phi) is 2.92. The molecule has 1 N–H and O–H groups in total. The zero-order valence-corrected chi connectivity index (χ0v) is 8.84. The fourth-order valence-electron chi connectivity index (χ4n) is 2.05. The van der Waals surface area contributed by atoms with E-state index in [1.54, 1.807) is 6.92 Å². The number of nitrogens with zero attached hydrogens (tertiary/aromatic N) is 1. The molecular weight excluding hydrogens is 221 g/mol. The number of hydrogen-bond donors (Lipinski definition) is 1. The van der Waals surface area contributed by atoms with Crippen molar-refractivity contribution in [2.75, 3.05) is 13.1 Å². The van der Waals surface area contributed by atoms with Crippen molar-refractivity contribution in [1.29, 1.82) is 0 Å². The summed E-state index contributed by atoms with van der Waals surface area (Å²) >= 11 is 0. The maximum atomic E-state index is 12.8. The van der Waals surface area contributed by atoms with Gasteiger partial charge in [-0.25, -0.2) is 4.98 Å². The fourth-order valence-corrected chi connectivity index (χ4v) is 2.05. The number of rotatable bonds is 1. The highest BCUT2D eigenvalue weighted by atomic mass is 19.4. The number of halogens is 3. The lowest BCUT2D eigenvalue weighted by atomic mass is 9.86. The summed E-state index contributed by atoms with van der Waals surface area (Å²) in [5.41, 5.74) is 0. The Morgan fingerprint density at radius 1 is 1.50 bits per heavy atom. The van der Waals surface area contributed by atoms with E-state index in [1.165, 1.54) is 6.20 Å². The first-order valence-electron chi connectivity index (χ1n) is 5.18. The molecule has 0 amide bonds. The van der Waals surface area contributed by atoms with Crippen LogP contribution in [0.2, 0.25) is 0 Å². The molecule has 1 aliphatic rings. The lowest BCUT2D eigenvalue weighted by molar-refractivity contribution is -0.187. The van der Waals surface area contributed by atoms with E-state index >= 15 is 0 Å². The van der Waals surface area contributed by atoms with Gasteiger partial charge in [-0.3, -0.25) is 0 Å². The average molecular weight is 234 g/mol. The van der Waals surface area contributed by atoms with Gasteiger partial charge in [0.25, 0.3) is 0 Å². The molecule has 90 valence electrons. The van der Waals surface area contributed by atoms with Gasteiger partial charge in [-0.1, -0.05) is 0 Å². The predicted molar refractivity (Wildman–Crippen MR) is 51.0 cm³/mol. The van der Waals surface area contributed by atoms with E-state index in [-0.39, 0.29) is 18.9 Å². The number of oxazole rings is 1. The minimum Gasteiger partial charge on any atom is -0.446 e. The van der Waals surface area contributed by atoms with Gasteiger partial charge in [0, 0.05) is 6.54 Å². The van der Waals surface area contributed by atoms with Crippen LogP contribution in [-0.2, 0) is 0 Å². The summed E-state index contributed by atoms with van der Waals surface area (Å²) < 4.78 is 43.6. The molecule has 1 aliphatic heterocycles. The van der Waals surface area contributed by atoms with E-state index in [0.29, 0.717) is 12.3 Å². The molecule has 2 heterocycles. The van der Waals surface area contributed by atoms with Crippen molar-refractivity contribution in [2.24, 2.45) is 5.92 Å². The van der Waals surface area contributed by atoms with Gasteiger partial charge < -0.3 is 9.73 Å². The maximum absolute atomic E-state index is 12.8. The molecule has 2 unspecified atom stereocenters. The molecule has 6 heteroatoms. The number of aromatic nitrogens is 1. The van der Waals surface area contributed by atoms with Gasteiger partial charge in [-0.2, -0.15) is 13.2 Å². The van der Waals surface area contributed by atoms with E-state index < -0.39 is 18.0 Å². The van der Waals surface area contributed by atoms with E-state index in [9.17, 15) is 13.2 Å². The van der Waals surface area contributed by atoms with Crippen molar-refractivity contribution >= 4 is 0 Å². The first kappa shape index (κ1) is 11.4. The minimum absolute atomic E-state index is 0.0790. The van der Waals surface area contributed by atoms with Crippen LogP contribution in [0.5, 0.6) is 0 Å². The second-order valence-electron chi connectivity index (χ2n) is 4.06. The van der Waals surface area contributed by atoms with Crippen LogP contribution in [-0.4, -0.2) is 24.2 Å². The van der Waals surface area contributed by atoms with Crippen molar-refractivity contribution in [3.05, 3.63) is 17.8 Å². The zero-order valence-electron chi connectivity index (χ0n) is 8.84. The van der Waals surface area contributed by atoms with E-state index in [1.807, 2.05) is 0 Å². The van der Waals surface area contributed by atoms with Crippen LogP contribution in [0.3, 0.4) is 0 Å².